The summed E-state index contributed by atoms with van der Waals surface area (Å²) in [6, 6.07) is 8.76. The summed E-state index contributed by atoms with van der Waals surface area (Å²) < 4.78 is 1.36. The third kappa shape index (κ3) is 2.68. The molecule has 2 aromatic rings. The minimum atomic E-state index is -0.265. The van der Waals surface area contributed by atoms with Gasteiger partial charge in [0.1, 0.15) is 6.23 Å². The number of anilines is 1. The van der Waals surface area contributed by atoms with E-state index in [2.05, 4.69) is 46.4 Å². The Morgan fingerprint density at radius 3 is 2.75 bits per heavy atom. The van der Waals surface area contributed by atoms with Crippen LogP contribution < -0.4 is 4.90 Å². The van der Waals surface area contributed by atoms with Gasteiger partial charge in [-0.1, -0.05) is 19.4 Å². The van der Waals surface area contributed by atoms with Crippen LogP contribution >= 0.6 is 11.3 Å². The van der Waals surface area contributed by atoms with Crippen molar-refractivity contribution in [3.05, 3.63) is 29.6 Å². The summed E-state index contributed by atoms with van der Waals surface area (Å²) in [5.74, 6) is 0. The molecule has 0 amide bonds. The molecule has 1 aromatic heterocycles. The molecule has 4 heteroatoms. The van der Waals surface area contributed by atoms with E-state index in [0.29, 0.717) is 0 Å². The Labute approximate surface area is 124 Å². The minimum Gasteiger partial charge on any atom is -0.378 e. The highest BCUT2D eigenvalue weighted by atomic mass is 32.1. The number of aliphatic hydroxyl groups excluding tert-OH is 1. The molecule has 108 valence electrons. The fourth-order valence-corrected chi connectivity index (χ4v) is 3.76. The summed E-state index contributed by atoms with van der Waals surface area (Å²) in [7, 11) is 0. The average Bonchev–Trinajstić information content (AvgIpc) is 2.96. The Balaban J connectivity index is 1.70. The maximum Gasteiger partial charge on any atom is 0.107 e. The lowest BCUT2D eigenvalue weighted by atomic mass is 10.1. The predicted octanol–water partition coefficient (Wildman–Crippen LogP) is 3.14. The summed E-state index contributed by atoms with van der Waals surface area (Å²) in [4.78, 5) is 4.65. The Hall–Kier alpha value is -1.10. The van der Waals surface area contributed by atoms with Gasteiger partial charge in [-0.25, -0.2) is 0 Å². The first-order chi connectivity index (χ1) is 9.79. The van der Waals surface area contributed by atoms with Crippen LogP contribution in [0.3, 0.4) is 0 Å². The van der Waals surface area contributed by atoms with Gasteiger partial charge in [0, 0.05) is 42.0 Å². The number of rotatable bonds is 4. The van der Waals surface area contributed by atoms with E-state index in [-0.39, 0.29) is 6.23 Å². The van der Waals surface area contributed by atoms with E-state index in [1.54, 1.807) is 11.3 Å². The van der Waals surface area contributed by atoms with Crippen molar-refractivity contribution in [1.29, 1.82) is 0 Å². The topological polar surface area (TPSA) is 26.7 Å². The summed E-state index contributed by atoms with van der Waals surface area (Å²) >= 11 is 1.80. The van der Waals surface area contributed by atoms with Gasteiger partial charge in [-0.2, -0.15) is 0 Å². The molecule has 1 N–H and O–H groups in total. The molecule has 1 aliphatic rings. The number of hydrogen-bond donors (Lipinski definition) is 1. The van der Waals surface area contributed by atoms with Crippen LogP contribution in [0.4, 0.5) is 5.69 Å². The zero-order valence-corrected chi connectivity index (χ0v) is 12.8. The molecule has 0 saturated carbocycles. The third-order valence-corrected chi connectivity index (χ3v) is 4.98. The van der Waals surface area contributed by atoms with Crippen LogP contribution in [-0.4, -0.2) is 42.4 Å². The van der Waals surface area contributed by atoms with Gasteiger partial charge in [-0.15, -0.1) is 11.3 Å². The van der Waals surface area contributed by atoms with Gasteiger partial charge >= 0.3 is 0 Å². The average molecular weight is 290 g/mol. The lowest BCUT2D eigenvalue weighted by molar-refractivity contribution is -0.00583. The van der Waals surface area contributed by atoms with Crippen LogP contribution in [-0.2, 0) is 0 Å². The molecule has 1 atom stereocenters. The lowest BCUT2D eigenvalue weighted by Crippen LogP contribution is -2.50. The summed E-state index contributed by atoms with van der Waals surface area (Å²) in [5.41, 5.74) is 1.34. The number of hydrogen-bond acceptors (Lipinski definition) is 4. The van der Waals surface area contributed by atoms with Gasteiger partial charge in [0.05, 0.1) is 0 Å². The lowest BCUT2D eigenvalue weighted by Gasteiger charge is -2.38. The maximum atomic E-state index is 10.1. The second kappa shape index (κ2) is 6.12. The first kappa shape index (κ1) is 13.9. The van der Waals surface area contributed by atoms with Gasteiger partial charge < -0.3 is 10.0 Å². The summed E-state index contributed by atoms with van der Waals surface area (Å²) in [6.45, 7) is 6.01. The van der Waals surface area contributed by atoms with Crippen molar-refractivity contribution in [3.8, 4) is 0 Å². The molecular formula is C16H22N2OS. The predicted molar refractivity (Wildman–Crippen MR) is 86.5 cm³/mol. The SMILES string of the molecule is CCCC(O)N1CCN(c2cccc3sccc23)CC1. The second-order valence-electron chi connectivity index (χ2n) is 5.40. The van der Waals surface area contributed by atoms with E-state index < -0.39 is 0 Å². The molecule has 0 aliphatic carbocycles. The molecule has 1 unspecified atom stereocenters. The van der Waals surface area contributed by atoms with Crippen LogP contribution in [0.2, 0.25) is 0 Å². The van der Waals surface area contributed by atoms with Crippen LogP contribution in [0.25, 0.3) is 10.1 Å². The standard InChI is InChI=1S/C16H22N2OS/c1-2-4-16(19)18-10-8-17(9-11-18)14-5-3-6-15-13(14)7-12-20-15/h3,5-7,12,16,19H,2,4,8-11H2,1H3. The van der Waals surface area contributed by atoms with Gasteiger partial charge in [0.15, 0.2) is 0 Å². The molecular weight excluding hydrogens is 268 g/mol. The first-order valence-electron chi connectivity index (χ1n) is 7.43. The van der Waals surface area contributed by atoms with Crippen molar-refractivity contribution < 1.29 is 5.11 Å². The molecule has 20 heavy (non-hydrogen) atoms. The molecule has 2 heterocycles. The highest BCUT2D eigenvalue weighted by Gasteiger charge is 2.22. The molecule has 1 aliphatic heterocycles. The van der Waals surface area contributed by atoms with Crippen molar-refractivity contribution >= 4 is 27.1 Å². The molecule has 3 rings (SSSR count). The van der Waals surface area contributed by atoms with E-state index in [9.17, 15) is 5.11 Å². The second-order valence-corrected chi connectivity index (χ2v) is 6.35. The van der Waals surface area contributed by atoms with Crippen LogP contribution in [0.15, 0.2) is 29.6 Å². The normalized spacial score (nSPS) is 18.6. The van der Waals surface area contributed by atoms with Crippen molar-refractivity contribution in [1.82, 2.24) is 4.90 Å². The summed E-state index contributed by atoms with van der Waals surface area (Å²) in [6.07, 6.45) is 1.65. The largest absolute Gasteiger partial charge is 0.378 e. The molecule has 0 bridgehead atoms. The highest BCUT2D eigenvalue weighted by Crippen LogP contribution is 2.31. The molecule has 1 fully saturated rings. The van der Waals surface area contributed by atoms with Gasteiger partial charge in [-0.05, 0) is 30.0 Å². The molecule has 0 radical (unpaired) electrons. The number of thiophene rings is 1. The molecule has 1 saturated heterocycles. The van der Waals surface area contributed by atoms with E-state index in [1.165, 1.54) is 15.8 Å². The van der Waals surface area contributed by atoms with E-state index in [1.807, 2.05) is 0 Å². The van der Waals surface area contributed by atoms with E-state index >= 15 is 0 Å². The fraction of sp³-hybridized carbons (Fsp3) is 0.500. The van der Waals surface area contributed by atoms with Crippen LogP contribution in [0.1, 0.15) is 19.8 Å². The quantitative estimate of drug-likeness (QED) is 0.937. The smallest absolute Gasteiger partial charge is 0.107 e. The number of nitrogens with zero attached hydrogens (tertiary/aromatic N) is 2. The number of aliphatic hydroxyl groups is 1. The third-order valence-electron chi connectivity index (χ3n) is 4.10. The Bertz CT molecular complexity index is 560. The van der Waals surface area contributed by atoms with E-state index in [4.69, 9.17) is 0 Å². The number of fused-ring (bicyclic) bond motifs is 1. The van der Waals surface area contributed by atoms with Gasteiger partial charge in [0.25, 0.3) is 0 Å². The Morgan fingerprint density at radius 2 is 2.00 bits per heavy atom. The Morgan fingerprint density at radius 1 is 1.20 bits per heavy atom. The van der Waals surface area contributed by atoms with Crippen LogP contribution in [0.5, 0.6) is 0 Å². The first-order valence-corrected chi connectivity index (χ1v) is 8.31. The molecule has 0 spiro atoms. The van der Waals surface area contributed by atoms with Gasteiger partial charge in [0.2, 0.25) is 0 Å². The van der Waals surface area contributed by atoms with Crippen molar-refractivity contribution in [2.45, 2.75) is 26.0 Å². The molecule has 1 aromatic carbocycles. The minimum absolute atomic E-state index is 0.265. The number of piperazine rings is 1. The van der Waals surface area contributed by atoms with Crippen molar-refractivity contribution in [3.63, 3.8) is 0 Å². The van der Waals surface area contributed by atoms with Crippen molar-refractivity contribution in [2.75, 3.05) is 31.1 Å². The summed E-state index contributed by atoms with van der Waals surface area (Å²) in [5, 5.41) is 13.6. The number of benzene rings is 1. The van der Waals surface area contributed by atoms with E-state index in [0.717, 1.165) is 39.0 Å². The highest BCUT2D eigenvalue weighted by molar-refractivity contribution is 7.17. The van der Waals surface area contributed by atoms with Gasteiger partial charge in [-0.3, -0.25) is 4.90 Å². The fourth-order valence-electron chi connectivity index (χ4n) is 2.96. The zero-order chi connectivity index (χ0) is 13.9. The Kier molecular flexibility index (Phi) is 4.24. The van der Waals surface area contributed by atoms with Crippen molar-refractivity contribution in [2.24, 2.45) is 0 Å². The molecule has 3 nitrogen and oxygen atoms in total. The zero-order valence-electron chi connectivity index (χ0n) is 12.0. The van der Waals surface area contributed by atoms with Crippen LogP contribution in [0, 0.1) is 0 Å². The maximum absolute atomic E-state index is 10.1. The monoisotopic (exact) mass is 290 g/mol.